The Labute approximate surface area is 141 Å². The first-order chi connectivity index (χ1) is 10.8. The van der Waals surface area contributed by atoms with Gasteiger partial charge in [-0.05, 0) is 26.2 Å². The molecule has 0 aromatic carbocycles. The minimum Gasteiger partial charge on any atom is -0.478 e. The van der Waals surface area contributed by atoms with E-state index in [9.17, 15) is 9.59 Å². The molecule has 0 heterocycles. The Morgan fingerprint density at radius 3 is 1.35 bits per heavy atom. The second-order valence-corrected chi connectivity index (χ2v) is 7.13. The van der Waals surface area contributed by atoms with E-state index in [0.29, 0.717) is 19.8 Å². The molecule has 0 amide bonds. The Hall–Kier alpha value is -0.733. The van der Waals surface area contributed by atoms with Crippen molar-refractivity contribution >= 4 is 15.0 Å². The summed E-state index contributed by atoms with van der Waals surface area (Å²) in [5.74, 6) is -0.935. The number of carboxylic acid groups (broad SMARTS) is 1. The van der Waals surface area contributed by atoms with Gasteiger partial charge in [0, 0.05) is 25.4 Å². The molecule has 0 aliphatic heterocycles. The van der Waals surface area contributed by atoms with Crippen LogP contribution in [0.25, 0.3) is 0 Å². The maximum Gasteiger partial charge on any atom is 0.676 e. The quantitative estimate of drug-likeness (QED) is 0.300. The lowest BCUT2D eigenvalue weighted by Crippen LogP contribution is -2.47. The second-order valence-electron chi connectivity index (χ2n) is 5.22. The van der Waals surface area contributed by atoms with Crippen LogP contribution in [0.5, 0.6) is 0 Å². The second kappa shape index (κ2) is 16.1. The summed E-state index contributed by atoms with van der Waals surface area (Å²) >= 11 is 0. The normalized spacial score (nSPS) is 10.8. The van der Waals surface area contributed by atoms with Crippen LogP contribution in [-0.4, -0.2) is 44.7 Å². The molecule has 0 fully saturated rings. The SMILES string of the molecule is C=C(C)C(=O)O.CCCCO[Si](O)(OCCCC)OCCCC. The molecular formula is C16H34O6Si. The molecule has 0 aliphatic carbocycles. The number of aliphatic carboxylic acids is 1. The monoisotopic (exact) mass is 350 g/mol. The van der Waals surface area contributed by atoms with Crippen molar-refractivity contribution in [3.05, 3.63) is 12.2 Å². The van der Waals surface area contributed by atoms with Crippen molar-refractivity contribution < 1.29 is 28.0 Å². The predicted molar refractivity (Wildman–Crippen MR) is 93.0 cm³/mol. The first kappa shape index (κ1) is 24.5. The average molecular weight is 351 g/mol. The highest BCUT2D eigenvalue weighted by atomic mass is 28.4. The number of carbonyl (C=O) groups is 1. The van der Waals surface area contributed by atoms with Crippen molar-refractivity contribution in [2.75, 3.05) is 19.8 Å². The van der Waals surface area contributed by atoms with Crippen LogP contribution < -0.4 is 0 Å². The first-order valence-electron chi connectivity index (χ1n) is 8.35. The first-order valence-corrected chi connectivity index (χ1v) is 10.0. The standard InChI is InChI=1S/C12H28O4Si.C4H6O2/c1-4-7-10-14-17(13,15-11-8-5-2)16-12-9-6-3;1-3(2)4(5)6/h13H,4-12H2,1-3H3;1H2,2H3,(H,5,6). The summed E-state index contributed by atoms with van der Waals surface area (Å²) in [4.78, 5) is 19.8. The maximum atomic E-state index is 10.2. The predicted octanol–water partition coefficient (Wildman–Crippen LogP) is 3.51. The van der Waals surface area contributed by atoms with Crippen molar-refractivity contribution in [3.8, 4) is 0 Å². The van der Waals surface area contributed by atoms with Crippen molar-refractivity contribution in [1.82, 2.24) is 0 Å². The highest BCUT2D eigenvalue weighted by Gasteiger charge is 2.40. The molecule has 0 saturated heterocycles. The molecule has 0 aliphatic rings. The van der Waals surface area contributed by atoms with E-state index in [1.807, 2.05) is 0 Å². The van der Waals surface area contributed by atoms with Crippen molar-refractivity contribution in [2.45, 2.75) is 66.2 Å². The number of carboxylic acids is 1. The van der Waals surface area contributed by atoms with E-state index in [1.54, 1.807) is 0 Å². The Kier molecular flexibility index (Phi) is 17.2. The molecule has 0 aromatic heterocycles. The van der Waals surface area contributed by atoms with Crippen LogP contribution in [-0.2, 0) is 18.1 Å². The highest BCUT2D eigenvalue weighted by Crippen LogP contribution is 2.09. The van der Waals surface area contributed by atoms with Gasteiger partial charge in [-0.15, -0.1) is 0 Å². The third-order valence-electron chi connectivity index (χ3n) is 2.71. The Bertz CT molecular complexity index is 270. The van der Waals surface area contributed by atoms with Crippen LogP contribution >= 0.6 is 0 Å². The molecule has 0 radical (unpaired) electrons. The van der Waals surface area contributed by atoms with Crippen molar-refractivity contribution in [1.29, 1.82) is 0 Å². The summed E-state index contributed by atoms with van der Waals surface area (Å²) < 4.78 is 16.2. The van der Waals surface area contributed by atoms with Gasteiger partial charge in [-0.1, -0.05) is 46.6 Å². The van der Waals surface area contributed by atoms with Gasteiger partial charge in [0.15, 0.2) is 0 Å². The third kappa shape index (κ3) is 17.5. The number of rotatable bonds is 13. The van der Waals surface area contributed by atoms with Gasteiger partial charge < -0.3 is 23.2 Å². The van der Waals surface area contributed by atoms with E-state index >= 15 is 0 Å². The zero-order valence-corrected chi connectivity index (χ0v) is 16.1. The Morgan fingerprint density at radius 2 is 1.17 bits per heavy atom. The summed E-state index contributed by atoms with van der Waals surface area (Å²) in [6.07, 6.45) is 5.87. The molecule has 0 bridgehead atoms. The van der Waals surface area contributed by atoms with Crippen LogP contribution in [0.2, 0.25) is 0 Å². The minimum absolute atomic E-state index is 0.176. The van der Waals surface area contributed by atoms with Gasteiger partial charge in [0.2, 0.25) is 0 Å². The van der Waals surface area contributed by atoms with Crippen LogP contribution in [0.15, 0.2) is 12.2 Å². The van der Waals surface area contributed by atoms with Gasteiger partial charge in [-0.2, -0.15) is 0 Å². The lowest BCUT2D eigenvalue weighted by molar-refractivity contribution is -0.132. The Morgan fingerprint density at radius 1 is 0.913 bits per heavy atom. The molecule has 0 saturated carbocycles. The van der Waals surface area contributed by atoms with Crippen LogP contribution in [0, 0.1) is 0 Å². The van der Waals surface area contributed by atoms with Gasteiger partial charge in [0.25, 0.3) is 0 Å². The molecule has 6 nitrogen and oxygen atoms in total. The molecule has 0 aromatic rings. The molecule has 0 spiro atoms. The molecule has 7 heteroatoms. The van der Waals surface area contributed by atoms with E-state index in [0.717, 1.165) is 38.5 Å². The fraction of sp³-hybridized carbons (Fsp3) is 0.812. The van der Waals surface area contributed by atoms with Gasteiger partial charge in [-0.25, -0.2) is 4.79 Å². The van der Waals surface area contributed by atoms with Gasteiger partial charge >= 0.3 is 15.0 Å². The molecule has 0 rings (SSSR count). The molecule has 23 heavy (non-hydrogen) atoms. The minimum atomic E-state index is -3.36. The summed E-state index contributed by atoms with van der Waals surface area (Å²) in [6.45, 7) is 12.4. The van der Waals surface area contributed by atoms with E-state index in [-0.39, 0.29) is 5.57 Å². The highest BCUT2D eigenvalue weighted by molar-refractivity contribution is 6.51. The third-order valence-corrected chi connectivity index (χ3v) is 4.42. The summed E-state index contributed by atoms with van der Waals surface area (Å²) in [6, 6.07) is 0. The van der Waals surface area contributed by atoms with Gasteiger partial charge in [0.1, 0.15) is 0 Å². The molecule has 0 unspecified atom stereocenters. The molecule has 2 N–H and O–H groups in total. The van der Waals surface area contributed by atoms with E-state index in [2.05, 4.69) is 27.4 Å². The van der Waals surface area contributed by atoms with E-state index in [4.69, 9.17) is 18.4 Å². The lowest BCUT2D eigenvalue weighted by atomic mass is 10.4. The van der Waals surface area contributed by atoms with E-state index < -0.39 is 15.0 Å². The number of hydrogen-bond donors (Lipinski definition) is 2. The summed E-state index contributed by atoms with van der Waals surface area (Å²) in [5.41, 5.74) is 0.176. The number of hydrogen-bond acceptors (Lipinski definition) is 5. The molecule has 0 atom stereocenters. The fourth-order valence-electron chi connectivity index (χ4n) is 1.16. The van der Waals surface area contributed by atoms with Crippen LogP contribution in [0.1, 0.15) is 66.2 Å². The average Bonchev–Trinajstić information content (AvgIpc) is 2.49. The maximum absolute atomic E-state index is 10.2. The largest absolute Gasteiger partial charge is 0.676 e. The topological polar surface area (TPSA) is 85.2 Å². The zero-order valence-electron chi connectivity index (χ0n) is 15.1. The number of unbranched alkanes of at least 4 members (excludes halogenated alkanes) is 3. The van der Waals surface area contributed by atoms with Crippen molar-refractivity contribution in [3.63, 3.8) is 0 Å². The Balaban J connectivity index is 0. The smallest absolute Gasteiger partial charge is 0.478 e. The van der Waals surface area contributed by atoms with Gasteiger partial charge in [-0.3, -0.25) is 0 Å². The molecular weight excluding hydrogens is 316 g/mol. The van der Waals surface area contributed by atoms with Crippen LogP contribution in [0.4, 0.5) is 0 Å². The lowest BCUT2D eigenvalue weighted by Gasteiger charge is -2.23. The van der Waals surface area contributed by atoms with E-state index in [1.165, 1.54) is 6.92 Å². The molecule has 138 valence electrons. The fourth-order valence-corrected chi connectivity index (χ4v) is 2.62. The van der Waals surface area contributed by atoms with Gasteiger partial charge in [0.05, 0.1) is 0 Å². The van der Waals surface area contributed by atoms with Crippen LogP contribution in [0.3, 0.4) is 0 Å². The van der Waals surface area contributed by atoms with Crippen molar-refractivity contribution in [2.24, 2.45) is 0 Å². The summed E-state index contributed by atoms with van der Waals surface area (Å²) in [7, 11) is -3.36. The zero-order chi connectivity index (χ0) is 18.1. The summed E-state index contributed by atoms with van der Waals surface area (Å²) in [5, 5.41) is 7.89.